The molecule has 1 amide bonds. The smallest absolute Gasteiger partial charge is 0.293 e. The summed E-state index contributed by atoms with van der Waals surface area (Å²) < 4.78 is 17.9. The highest BCUT2D eigenvalue weighted by molar-refractivity contribution is 6.02. The average Bonchev–Trinajstić information content (AvgIpc) is 2.70. The van der Waals surface area contributed by atoms with Crippen LogP contribution in [0.2, 0.25) is 0 Å². The number of benzene rings is 1. The lowest BCUT2D eigenvalue weighted by Gasteiger charge is -2.04. The van der Waals surface area contributed by atoms with E-state index in [4.69, 9.17) is 9.52 Å². The molecule has 2 aromatic rings. The van der Waals surface area contributed by atoms with Gasteiger partial charge in [-0.05, 0) is 19.1 Å². The maximum atomic E-state index is 13.0. The van der Waals surface area contributed by atoms with E-state index in [0.717, 1.165) is 18.5 Å². The van der Waals surface area contributed by atoms with Crippen LogP contribution in [0.3, 0.4) is 0 Å². The predicted octanol–water partition coefficient (Wildman–Crippen LogP) is 2.08. The number of carbonyl (C=O) groups is 1. The minimum Gasteiger partial charge on any atom is -0.505 e. The van der Waals surface area contributed by atoms with E-state index in [1.165, 1.54) is 6.07 Å². The molecule has 5 nitrogen and oxygen atoms in total. The zero-order valence-corrected chi connectivity index (χ0v) is 8.90. The highest BCUT2D eigenvalue weighted by Crippen LogP contribution is 2.20. The van der Waals surface area contributed by atoms with E-state index in [1.807, 2.05) is 0 Å². The quantitative estimate of drug-likeness (QED) is 0.783. The Morgan fingerprint density at radius 3 is 2.88 bits per heavy atom. The highest BCUT2D eigenvalue weighted by Gasteiger charge is 2.14. The van der Waals surface area contributed by atoms with Crippen LogP contribution < -0.4 is 5.32 Å². The molecule has 17 heavy (non-hydrogen) atoms. The van der Waals surface area contributed by atoms with Crippen molar-refractivity contribution in [2.24, 2.45) is 0 Å². The first-order valence-electron chi connectivity index (χ1n) is 4.78. The van der Waals surface area contributed by atoms with Gasteiger partial charge < -0.3 is 14.8 Å². The molecule has 6 heteroatoms. The third kappa shape index (κ3) is 2.25. The Balaban J connectivity index is 2.19. The molecule has 0 saturated carbocycles. The van der Waals surface area contributed by atoms with E-state index in [0.29, 0.717) is 5.69 Å². The van der Waals surface area contributed by atoms with Crippen molar-refractivity contribution < 1.29 is 18.7 Å². The Morgan fingerprint density at radius 1 is 1.53 bits per heavy atom. The number of aromatic hydroxyl groups is 1. The molecule has 1 heterocycles. The zero-order chi connectivity index (χ0) is 12.4. The summed E-state index contributed by atoms with van der Waals surface area (Å²) in [5.41, 5.74) is 0.669. The van der Waals surface area contributed by atoms with Gasteiger partial charge in [-0.1, -0.05) is 0 Å². The molecule has 0 saturated heterocycles. The summed E-state index contributed by atoms with van der Waals surface area (Å²) in [5.74, 6) is -1.74. The summed E-state index contributed by atoms with van der Waals surface area (Å²) in [6, 6.07) is 3.54. The van der Waals surface area contributed by atoms with Crippen molar-refractivity contribution in [1.82, 2.24) is 4.98 Å². The summed E-state index contributed by atoms with van der Waals surface area (Å²) in [5, 5.41) is 11.4. The van der Waals surface area contributed by atoms with E-state index >= 15 is 0 Å². The van der Waals surface area contributed by atoms with Crippen molar-refractivity contribution in [2.45, 2.75) is 6.92 Å². The third-order valence-electron chi connectivity index (χ3n) is 2.16. The second-order valence-electron chi connectivity index (χ2n) is 3.39. The predicted molar refractivity (Wildman–Crippen MR) is 57.3 cm³/mol. The van der Waals surface area contributed by atoms with Crippen LogP contribution in [0.1, 0.15) is 16.2 Å². The molecule has 0 atom stereocenters. The van der Waals surface area contributed by atoms with Gasteiger partial charge in [-0.15, -0.1) is 0 Å². The van der Waals surface area contributed by atoms with Crippen molar-refractivity contribution in [3.8, 4) is 5.75 Å². The summed E-state index contributed by atoms with van der Waals surface area (Å²) >= 11 is 0. The second kappa shape index (κ2) is 4.25. The molecule has 0 aliphatic carbocycles. The largest absolute Gasteiger partial charge is 0.505 e. The van der Waals surface area contributed by atoms with E-state index in [1.54, 1.807) is 6.92 Å². The van der Waals surface area contributed by atoms with Gasteiger partial charge in [0.15, 0.2) is 18.0 Å². The molecule has 0 fully saturated rings. The van der Waals surface area contributed by atoms with Gasteiger partial charge in [0.2, 0.25) is 5.76 Å². The third-order valence-corrected chi connectivity index (χ3v) is 2.16. The number of hydrogen-bond donors (Lipinski definition) is 2. The van der Waals surface area contributed by atoms with Crippen LogP contribution in [-0.4, -0.2) is 16.0 Å². The zero-order valence-electron chi connectivity index (χ0n) is 8.90. The Labute approximate surface area is 95.9 Å². The van der Waals surface area contributed by atoms with E-state index in [2.05, 4.69) is 10.3 Å². The maximum absolute atomic E-state index is 13.0. The van der Waals surface area contributed by atoms with Crippen molar-refractivity contribution in [3.05, 3.63) is 41.9 Å². The molecule has 0 aliphatic rings. The molecule has 0 bridgehead atoms. The number of aryl methyl sites for hydroxylation is 1. The number of nitrogens with zero attached hydrogens (tertiary/aromatic N) is 1. The number of amides is 1. The van der Waals surface area contributed by atoms with Gasteiger partial charge in [0.25, 0.3) is 5.91 Å². The minimum absolute atomic E-state index is 0.0680. The Bertz CT molecular complexity index is 566. The van der Waals surface area contributed by atoms with Crippen LogP contribution in [0.5, 0.6) is 5.75 Å². The van der Waals surface area contributed by atoms with Crippen LogP contribution in [0.25, 0.3) is 0 Å². The number of oxazole rings is 1. The van der Waals surface area contributed by atoms with Crippen molar-refractivity contribution >= 4 is 11.6 Å². The molecule has 0 aliphatic heterocycles. The Hall–Kier alpha value is -2.37. The molecule has 1 aromatic heterocycles. The lowest BCUT2D eigenvalue weighted by Crippen LogP contribution is -2.12. The van der Waals surface area contributed by atoms with E-state index < -0.39 is 17.5 Å². The standard InChI is InChI=1S/C11H9FN2O3/c1-6-10(17-5-13-6)11(16)14-7-2-3-9(15)8(12)4-7/h2-5,15H,1H3,(H,14,16). The molecule has 1 aromatic carbocycles. The van der Waals surface area contributed by atoms with Gasteiger partial charge in [0.05, 0.1) is 5.69 Å². The second-order valence-corrected chi connectivity index (χ2v) is 3.39. The summed E-state index contributed by atoms with van der Waals surface area (Å²) in [6.45, 7) is 1.62. The monoisotopic (exact) mass is 236 g/mol. The van der Waals surface area contributed by atoms with Crippen LogP contribution in [0, 0.1) is 12.7 Å². The van der Waals surface area contributed by atoms with Gasteiger partial charge in [-0.25, -0.2) is 9.37 Å². The molecule has 0 spiro atoms. The molecule has 88 valence electrons. The molecule has 0 radical (unpaired) electrons. The number of anilines is 1. The van der Waals surface area contributed by atoms with Crippen molar-refractivity contribution in [1.29, 1.82) is 0 Å². The van der Waals surface area contributed by atoms with Crippen LogP contribution in [-0.2, 0) is 0 Å². The van der Waals surface area contributed by atoms with Crippen LogP contribution in [0.4, 0.5) is 10.1 Å². The van der Waals surface area contributed by atoms with E-state index in [-0.39, 0.29) is 11.4 Å². The molecule has 2 rings (SSSR count). The molecular formula is C11H9FN2O3. The van der Waals surface area contributed by atoms with Crippen LogP contribution >= 0.6 is 0 Å². The topological polar surface area (TPSA) is 75.4 Å². The normalized spacial score (nSPS) is 10.2. The summed E-state index contributed by atoms with van der Waals surface area (Å²) in [7, 11) is 0. The number of hydrogen-bond acceptors (Lipinski definition) is 4. The van der Waals surface area contributed by atoms with Crippen molar-refractivity contribution in [2.75, 3.05) is 5.32 Å². The average molecular weight is 236 g/mol. The van der Waals surface area contributed by atoms with Gasteiger partial charge in [-0.2, -0.15) is 0 Å². The first-order valence-corrected chi connectivity index (χ1v) is 4.78. The van der Waals surface area contributed by atoms with Gasteiger partial charge in [0, 0.05) is 11.8 Å². The van der Waals surface area contributed by atoms with Gasteiger partial charge in [0.1, 0.15) is 0 Å². The van der Waals surface area contributed by atoms with E-state index in [9.17, 15) is 9.18 Å². The van der Waals surface area contributed by atoms with Crippen LogP contribution in [0.15, 0.2) is 29.0 Å². The molecule has 2 N–H and O–H groups in total. The Morgan fingerprint density at radius 2 is 2.29 bits per heavy atom. The molecular weight excluding hydrogens is 227 g/mol. The van der Waals surface area contributed by atoms with Gasteiger partial charge >= 0.3 is 0 Å². The molecule has 0 unspecified atom stereocenters. The number of phenolic OH excluding ortho intramolecular Hbond substituents is 1. The fourth-order valence-corrected chi connectivity index (χ4v) is 1.29. The number of phenols is 1. The number of rotatable bonds is 2. The first-order chi connectivity index (χ1) is 8.08. The summed E-state index contributed by atoms with van der Waals surface area (Å²) in [6.07, 6.45) is 1.15. The lowest BCUT2D eigenvalue weighted by atomic mass is 10.2. The SMILES string of the molecule is Cc1ncoc1C(=O)Nc1ccc(O)c(F)c1. The first kappa shape index (κ1) is 11.1. The number of nitrogens with one attached hydrogen (secondary N) is 1. The fraction of sp³-hybridized carbons (Fsp3) is 0.0909. The summed E-state index contributed by atoms with van der Waals surface area (Å²) in [4.78, 5) is 15.4. The maximum Gasteiger partial charge on any atom is 0.293 e. The highest BCUT2D eigenvalue weighted by atomic mass is 19.1. The fourth-order valence-electron chi connectivity index (χ4n) is 1.29. The minimum atomic E-state index is -0.808. The number of carbonyl (C=O) groups excluding carboxylic acids is 1. The van der Waals surface area contributed by atoms with Crippen molar-refractivity contribution in [3.63, 3.8) is 0 Å². The lowest BCUT2D eigenvalue weighted by molar-refractivity contribution is 0.0996. The Kier molecular flexibility index (Phi) is 2.78. The number of halogens is 1. The van der Waals surface area contributed by atoms with Gasteiger partial charge in [-0.3, -0.25) is 4.79 Å². The number of aromatic nitrogens is 1.